The molecule has 2 atom stereocenters. The highest BCUT2D eigenvalue weighted by Gasteiger charge is 2.25. The summed E-state index contributed by atoms with van der Waals surface area (Å²) in [6, 6.07) is 1.86. The Hall–Kier alpha value is -1.79. The van der Waals surface area contributed by atoms with Crippen molar-refractivity contribution in [3.05, 3.63) is 28.7 Å². The third-order valence-electron chi connectivity index (χ3n) is 3.47. The zero-order valence-electron chi connectivity index (χ0n) is 12.0. The molecule has 0 aliphatic carbocycles. The van der Waals surface area contributed by atoms with Crippen LogP contribution >= 0.6 is 11.3 Å². The van der Waals surface area contributed by atoms with Gasteiger partial charge < -0.3 is 9.64 Å². The van der Waals surface area contributed by atoms with Crippen LogP contribution in [0.3, 0.4) is 0 Å². The number of aldehydes is 1. The Labute approximate surface area is 127 Å². The lowest BCUT2D eigenvalue weighted by molar-refractivity contribution is -0.00549. The molecule has 1 aliphatic rings. The third-order valence-corrected chi connectivity index (χ3v) is 4.06. The maximum Gasteiger partial charge on any atom is 0.153 e. The Bertz CT molecular complexity index is 620. The highest BCUT2D eigenvalue weighted by molar-refractivity contribution is 7.07. The van der Waals surface area contributed by atoms with Gasteiger partial charge in [0, 0.05) is 30.2 Å². The summed E-state index contributed by atoms with van der Waals surface area (Å²) in [6.07, 6.45) is 2.91. The largest absolute Gasteiger partial charge is 0.372 e. The molecule has 2 aromatic heterocycles. The highest BCUT2D eigenvalue weighted by atomic mass is 32.1. The Balaban J connectivity index is 1.94. The van der Waals surface area contributed by atoms with E-state index in [4.69, 9.17) is 4.74 Å². The Kier molecular flexibility index (Phi) is 3.98. The zero-order valence-corrected chi connectivity index (χ0v) is 12.8. The smallest absolute Gasteiger partial charge is 0.153 e. The number of aromatic nitrogens is 2. The van der Waals surface area contributed by atoms with Gasteiger partial charge in [0.05, 0.1) is 29.0 Å². The molecule has 2 aromatic rings. The first-order chi connectivity index (χ1) is 10.2. The molecular formula is C15H17N3O2S. The van der Waals surface area contributed by atoms with Crippen LogP contribution in [0.15, 0.2) is 23.2 Å². The summed E-state index contributed by atoms with van der Waals surface area (Å²) in [5, 5.41) is 1.95. The van der Waals surface area contributed by atoms with Gasteiger partial charge in [0.25, 0.3) is 0 Å². The van der Waals surface area contributed by atoms with Gasteiger partial charge in [-0.25, -0.2) is 9.97 Å². The van der Waals surface area contributed by atoms with Gasteiger partial charge in [0.1, 0.15) is 5.82 Å². The van der Waals surface area contributed by atoms with Crippen LogP contribution in [0.4, 0.5) is 5.82 Å². The molecule has 0 aromatic carbocycles. The lowest BCUT2D eigenvalue weighted by Gasteiger charge is -2.36. The van der Waals surface area contributed by atoms with E-state index >= 15 is 0 Å². The fourth-order valence-corrected chi connectivity index (χ4v) is 3.23. The first-order valence-electron chi connectivity index (χ1n) is 6.91. The molecule has 0 radical (unpaired) electrons. The molecule has 2 unspecified atom stereocenters. The summed E-state index contributed by atoms with van der Waals surface area (Å²) < 4.78 is 5.73. The first-order valence-corrected chi connectivity index (χ1v) is 7.86. The maximum absolute atomic E-state index is 11.4. The van der Waals surface area contributed by atoms with Gasteiger partial charge in [-0.3, -0.25) is 4.79 Å². The van der Waals surface area contributed by atoms with Crippen LogP contribution in [-0.4, -0.2) is 41.6 Å². The fraction of sp³-hybridized carbons (Fsp3) is 0.400. The van der Waals surface area contributed by atoms with Crippen molar-refractivity contribution >= 4 is 23.4 Å². The van der Waals surface area contributed by atoms with Crippen LogP contribution in [0.1, 0.15) is 24.2 Å². The number of hydrogen-bond acceptors (Lipinski definition) is 6. The number of pyridine rings is 1. The van der Waals surface area contributed by atoms with Crippen LogP contribution in [0, 0.1) is 0 Å². The van der Waals surface area contributed by atoms with Crippen molar-refractivity contribution in [2.45, 2.75) is 26.1 Å². The number of carbonyl (C=O) groups excluding carboxylic acids is 1. The average Bonchev–Trinajstić information content (AvgIpc) is 2.99. The maximum atomic E-state index is 11.4. The Morgan fingerprint density at radius 1 is 1.33 bits per heavy atom. The summed E-state index contributed by atoms with van der Waals surface area (Å²) >= 11 is 1.53. The van der Waals surface area contributed by atoms with Crippen LogP contribution < -0.4 is 4.90 Å². The van der Waals surface area contributed by atoms with E-state index in [1.54, 1.807) is 11.7 Å². The van der Waals surface area contributed by atoms with Crippen molar-refractivity contribution < 1.29 is 9.53 Å². The number of ether oxygens (including phenoxy) is 1. The first kappa shape index (κ1) is 14.2. The average molecular weight is 303 g/mol. The Morgan fingerprint density at radius 3 is 2.71 bits per heavy atom. The summed E-state index contributed by atoms with van der Waals surface area (Å²) in [7, 11) is 0. The van der Waals surface area contributed by atoms with Gasteiger partial charge in [-0.15, -0.1) is 11.3 Å². The van der Waals surface area contributed by atoms with Gasteiger partial charge in [0.15, 0.2) is 6.29 Å². The number of rotatable bonds is 3. The van der Waals surface area contributed by atoms with E-state index in [-0.39, 0.29) is 12.2 Å². The molecule has 0 saturated carbocycles. The van der Waals surface area contributed by atoms with E-state index in [9.17, 15) is 4.79 Å². The predicted molar refractivity (Wildman–Crippen MR) is 83.0 cm³/mol. The molecular weight excluding hydrogens is 286 g/mol. The van der Waals surface area contributed by atoms with Crippen molar-refractivity contribution in [1.82, 2.24) is 9.97 Å². The minimum Gasteiger partial charge on any atom is -0.372 e. The molecule has 21 heavy (non-hydrogen) atoms. The molecule has 0 amide bonds. The molecule has 3 rings (SSSR count). The molecule has 1 fully saturated rings. The number of carbonyl (C=O) groups is 1. The normalized spacial score (nSPS) is 22.3. The van der Waals surface area contributed by atoms with Gasteiger partial charge in [0.2, 0.25) is 0 Å². The van der Waals surface area contributed by atoms with Crippen LogP contribution in [0.2, 0.25) is 0 Å². The van der Waals surface area contributed by atoms with Gasteiger partial charge in [-0.1, -0.05) is 0 Å². The molecule has 1 saturated heterocycles. The molecule has 1 aliphatic heterocycles. The summed E-state index contributed by atoms with van der Waals surface area (Å²) in [6.45, 7) is 5.56. The van der Waals surface area contributed by atoms with Crippen LogP contribution in [0.25, 0.3) is 11.3 Å². The molecule has 6 heteroatoms. The van der Waals surface area contributed by atoms with E-state index < -0.39 is 0 Å². The molecule has 5 nitrogen and oxygen atoms in total. The second-order valence-electron chi connectivity index (χ2n) is 5.29. The van der Waals surface area contributed by atoms with Crippen molar-refractivity contribution in [1.29, 1.82) is 0 Å². The van der Waals surface area contributed by atoms with Gasteiger partial charge in [-0.05, 0) is 19.9 Å². The van der Waals surface area contributed by atoms with Crippen LogP contribution in [0.5, 0.6) is 0 Å². The number of nitrogens with zero attached hydrogens (tertiary/aromatic N) is 3. The van der Waals surface area contributed by atoms with Gasteiger partial charge >= 0.3 is 0 Å². The quantitative estimate of drug-likeness (QED) is 0.816. The SMILES string of the molecule is CC1CN(c2ncc(-c3cscn3)cc2C=O)CC(C)O1. The minimum absolute atomic E-state index is 0.133. The number of anilines is 1. The summed E-state index contributed by atoms with van der Waals surface area (Å²) in [4.78, 5) is 22.3. The van der Waals surface area contributed by atoms with Crippen LogP contribution in [-0.2, 0) is 4.74 Å². The second kappa shape index (κ2) is 5.91. The molecule has 0 bridgehead atoms. The lowest BCUT2D eigenvalue weighted by atomic mass is 10.1. The minimum atomic E-state index is 0.133. The van der Waals surface area contributed by atoms with E-state index in [2.05, 4.69) is 14.9 Å². The van der Waals surface area contributed by atoms with E-state index in [0.29, 0.717) is 5.56 Å². The summed E-state index contributed by atoms with van der Waals surface area (Å²) in [5.74, 6) is 0.728. The fourth-order valence-electron chi connectivity index (χ4n) is 2.67. The van der Waals surface area contributed by atoms with Crippen molar-refractivity contribution in [2.24, 2.45) is 0 Å². The second-order valence-corrected chi connectivity index (χ2v) is 6.01. The van der Waals surface area contributed by atoms with Crippen molar-refractivity contribution in [2.75, 3.05) is 18.0 Å². The lowest BCUT2D eigenvalue weighted by Crippen LogP contribution is -2.46. The highest BCUT2D eigenvalue weighted by Crippen LogP contribution is 2.26. The molecule has 110 valence electrons. The Morgan fingerprint density at radius 2 is 2.10 bits per heavy atom. The molecule has 3 heterocycles. The van der Waals surface area contributed by atoms with E-state index in [1.165, 1.54) is 11.3 Å². The monoisotopic (exact) mass is 303 g/mol. The molecule has 0 N–H and O–H groups in total. The van der Waals surface area contributed by atoms with Crippen molar-refractivity contribution in [3.8, 4) is 11.3 Å². The van der Waals surface area contributed by atoms with E-state index in [0.717, 1.165) is 36.5 Å². The summed E-state index contributed by atoms with van der Waals surface area (Å²) in [5.41, 5.74) is 4.10. The third kappa shape index (κ3) is 2.96. The number of hydrogen-bond donors (Lipinski definition) is 0. The predicted octanol–water partition coefficient (Wildman–Crippen LogP) is 2.63. The number of morpholine rings is 1. The van der Waals surface area contributed by atoms with E-state index in [1.807, 2.05) is 25.3 Å². The van der Waals surface area contributed by atoms with Gasteiger partial charge in [-0.2, -0.15) is 0 Å². The molecule has 0 spiro atoms. The number of thiazole rings is 1. The zero-order chi connectivity index (χ0) is 14.8. The topological polar surface area (TPSA) is 55.3 Å². The van der Waals surface area contributed by atoms with Crippen molar-refractivity contribution in [3.63, 3.8) is 0 Å². The standard InChI is InChI=1S/C15H17N3O2S/c1-10-5-18(6-11(2)20-10)15-13(7-19)3-12(4-16-15)14-8-21-9-17-14/h3-4,7-11H,5-6H2,1-2H3.